The molecule has 0 unspecified atom stereocenters. The smallest absolute Gasteiger partial charge is 0.253 e. The molecule has 3 heteroatoms. The number of hydrogen-bond donors (Lipinski definition) is 0. The minimum absolute atomic E-state index is 0.0673. The van der Waals surface area contributed by atoms with E-state index in [2.05, 4.69) is 17.0 Å². The number of carbonyl (C=O) groups is 1. The molecule has 1 aliphatic heterocycles. The number of nitrogens with zero attached hydrogens (tertiary/aromatic N) is 2. The van der Waals surface area contributed by atoms with Gasteiger partial charge in [0.25, 0.3) is 5.91 Å². The third-order valence-corrected chi connectivity index (χ3v) is 3.21. The van der Waals surface area contributed by atoms with E-state index in [0.29, 0.717) is 0 Å². The first kappa shape index (κ1) is 12.1. The molecule has 17 heavy (non-hydrogen) atoms. The van der Waals surface area contributed by atoms with Gasteiger partial charge in [-0.25, -0.2) is 0 Å². The molecule has 0 bridgehead atoms. The number of hydrogen-bond acceptors (Lipinski definition) is 2. The van der Waals surface area contributed by atoms with E-state index in [4.69, 9.17) is 0 Å². The molecule has 92 valence electrons. The molecule has 1 aliphatic rings. The number of amides is 1. The van der Waals surface area contributed by atoms with Crippen molar-refractivity contribution in [2.45, 2.75) is 19.4 Å². The van der Waals surface area contributed by atoms with Crippen molar-refractivity contribution in [3.8, 4) is 0 Å². The second kappa shape index (κ2) is 5.32. The quantitative estimate of drug-likeness (QED) is 0.795. The van der Waals surface area contributed by atoms with Crippen molar-refractivity contribution >= 4 is 5.91 Å². The first-order valence-electron chi connectivity index (χ1n) is 6.20. The van der Waals surface area contributed by atoms with Gasteiger partial charge in [0.2, 0.25) is 0 Å². The Bertz CT molecular complexity index is 378. The topological polar surface area (TPSA) is 23.6 Å². The zero-order valence-electron chi connectivity index (χ0n) is 10.6. The third-order valence-electron chi connectivity index (χ3n) is 3.21. The van der Waals surface area contributed by atoms with Crippen LogP contribution in [0.15, 0.2) is 24.3 Å². The van der Waals surface area contributed by atoms with Crippen LogP contribution in [0.3, 0.4) is 0 Å². The molecular formula is C14H20N2O. The van der Waals surface area contributed by atoms with Crippen LogP contribution in [0, 0.1) is 0 Å². The summed E-state index contributed by atoms with van der Waals surface area (Å²) in [6.07, 6.45) is 2.63. The van der Waals surface area contributed by atoms with Gasteiger partial charge in [-0.15, -0.1) is 0 Å². The summed E-state index contributed by atoms with van der Waals surface area (Å²) in [6.45, 7) is 3.42. The molecule has 1 amide bonds. The summed E-state index contributed by atoms with van der Waals surface area (Å²) in [5.74, 6) is 0.0673. The van der Waals surface area contributed by atoms with Crippen molar-refractivity contribution in [1.29, 1.82) is 0 Å². The fourth-order valence-corrected chi connectivity index (χ4v) is 2.21. The van der Waals surface area contributed by atoms with Gasteiger partial charge in [0.15, 0.2) is 0 Å². The largest absolute Gasteiger partial charge is 0.345 e. The highest BCUT2D eigenvalue weighted by Gasteiger charge is 2.12. The first-order valence-corrected chi connectivity index (χ1v) is 6.20. The fourth-order valence-electron chi connectivity index (χ4n) is 2.21. The molecule has 1 saturated heterocycles. The van der Waals surface area contributed by atoms with Crippen molar-refractivity contribution < 1.29 is 4.79 Å². The lowest BCUT2D eigenvalue weighted by atomic mass is 10.1. The minimum Gasteiger partial charge on any atom is -0.345 e. The summed E-state index contributed by atoms with van der Waals surface area (Å²) >= 11 is 0. The summed E-state index contributed by atoms with van der Waals surface area (Å²) in [7, 11) is 3.56. The monoisotopic (exact) mass is 232 g/mol. The maximum atomic E-state index is 11.7. The van der Waals surface area contributed by atoms with E-state index in [-0.39, 0.29) is 5.91 Å². The van der Waals surface area contributed by atoms with E-state index in [1.165, 1.54) is 31.5 Å². The van der Waals surface area contributed by atoms with E-state index in [0.717, 1.165) is 12.1 Å². The third kappa shape index (κ3) is 3.07. The van der Waals surface area contributed by atoms with Crippen LogP contribution >= 0.6 is 0 Å². The van der Waals surface area contributed by atoms with Gasteiger partial charge in [0.1, 0.15) is 0 Å². The Morgan fingerprint density at radius 1 is 1.18 bits per heavy atom. The molecule has 0 aromatic heterocycles. The molecule has 0 atom stereocenters. The van der Waals surface area contributed by atoms with E-state index in [1.807, 2.05) is 12.1 Å². The van der Waals surface area contributed by atoms with Crippen molar-refractivity contribution in [2.24, 2.45) is 0 Å². The second-order valence-electron chi connectivity index (χ2n) is 4.88. The van der Waals surface area contributed by atoms with Gasteiger partial charge in [-0.2, -0.15) is 0 Å². The van der Waals surface area contributed by atoms with Crippen LogP contribution < -0.4 is 0 Å². The van der Waals surface area contributed by atoms with Gasteiger partial charge >= 0.3 is 0 Å². The molecule has 0 aliphatic carbocycles. The lowest BCUT2D eigenvalue weighted by Gasteiger charge is -2.15. The number of benzene rings is 1. The number of likely N-dealkylation sites (tertiary alicyclic amines) is 1. The zero-order chi connectivity index (χ0) is 12.3. The van der Waals surface area contributed by atoms with Gasteiger partial charge < -0.3 is 4.90 Å². The highest BCUT2D eigenvalue weighted by atomic mass is 16.2. The molecule has 0 N–H and O–H groups in total. The van der Waals surface area contributed by atoms with Gasteiger partial charge in [-0.05, 0) is 43.6 Å². The van der Waals surface area contributed by atoms with Gasteiger partial charge in [-0.1, -0.05) is 12.1 Å². The predicted octanol–water partition coefficient (Wildman–Crippen LogP) is 1.98. The maximum Gasteiger partial charge on any atom is 0.253 e. The van der Waals surface area contributed by atoms with E-state index in [1.54, 1.807) is 19.0 Å². The molecule has 0 spiro atoms. The number of carbonyl (C=O) groups excluding carboxylic acids is 1. The second-order valence-corrected chi connectivity index (χ2v) is 4.88. The molecule has 2 rings (SSSR count). The van der Waals surface area contributed by atoms with Gasteiger partial charge in [-0.3, -0.25) is 9.69 Å². The highest BCUT2D eigenvalue weighted by Crippen LogP contribution is 2.13. The molecule has 0 radical (unpaired) electrons. The zero-order valence-corrected chi connectivity index (χ0v) is 10.6. The minimum atomic E-state index is 0.0673. The van der Waals surface area contributed by atoms with Crippen LogP contribution in [0.2, 0.25) is 0 Å². The summed E-state index contributed by atoms with van der Waals surface area (Å²) in [5, 5.41) is 0. The molecule has 1 aromatic rings. The summed E-state index contributed by atoms with van der Waals surface area (Å²) in [5.41, 5.74) is 2.06. The summed E-state index contributed by atoms with van der Waals surface area (Å²) in [4.78, 5) is 15.8. The Morgan fingerprint density at radius 2 is 1.76 bits per heavy atom. The van der Waals surface area contributed by atoms with E-state index < -0.39 is 0 Å². The Labute approximate surface area is 103 Å². The molecule has 1 fully saturated rings. The predicted molar refractivity (Wildman–Crippen MR) is 69.0 cm³/mol. The molecular weight excluding hydrogens is 212 g/mol. The lowest BCUT2D eigenvalue weighted by molar-refractivity contribution is 0.0827. The standard InChI is InChI=1S/C14H20N2O/c1-15(2)14(17)13-7-5-12(6-8-13)11-16-9-3-4-10-16/h5-8H,3-4,9-11H2,1-2H3. The Morgan fingerprint density at radius 3 is 2.29 bits per heavy atom. The molecule has 3 nitrogen and oxygen atoms in total. The van der Waals surface area contributed by atoms with Crippen molar-refractivity contribution in [1.82, 2.24) is 9.80 Å². The Balaban J connectivity index is 1.99. The summed E-state index contributed by atoms with van der Waals surface area (Å²) < 4.78 is 0. The van der Waals surface area contributed by atoms with Gasteiger partial charge in [0, 0.05) is 26.2 Å². The number of rotatable bonds is 3. The van der Waals surface area contributed by atoms with Crippen LogP contribution in [0.5, 0.6) is 0 Å². The highest BCUT2D eigenvalue weighted by molar-refractivity contribution is 5.93. The molecule has 0 saturated carbocycles. The molecule has 1 aromatic carbocycles. The SMILES string of the molecule is CN(C)C(=O)c1ccc(CN2CCCC2)cc1. The van der Waals surface area contributed by atoms with Crippen LogP contribution in [0.1, 0.15) is 28.8 Å². The average Bonchev–Trinajstić information content (AvgIpc) is 2.82. The van der Waals surface area contributed by atoms with Crippen LogP contribution in [0.4, 0.5) is 0 Å². The summed E-state index contributed by atoms with van der Waals surface area (Å²) in [6, 6.07) is 7.98. The van der Waals surface area contributed by atoms with Crippen LogP contribution in [0.25, 0.3) is 0 Å². The van der Waals surface area contributed by atoms with Crippen molar-refractivity contribution in [2.75, 3.05) is 27.2 Å². The average molecular weight is 232 g/mol. The van der Waals surface area contributed by atoms with Crippen LogP contribution in [-0.4, -0.2) is 42.9 Å². The van der Waals surface area contributed by atoms with Gasteiger partial charge in [0.05, 0.1) is 0 Å². The molecule has 1 heterocycles. The van der Waals surface area contributed by atoms with E-state index in [9.17, 15) is 4.79 Å². The van der Waals surface area contributed by atoms with Crippen LogP contribution in [-0.2, 0) is 6.54 Å². The maximum absolute atomic E-state index is 11.7. The van der Waals surface area contributed by atoms with E-state index >= 15 is 0 Å². The van der Waals surface area contributed by atoms with Crippen molar-refractivity contribution in [3.63, 3.8) is 0 Å². The normalized spacial score (nSPS) is 16.1. The Kier molecular flexibility index (Phi) is 3.79. The Hall–Kier alpha value is -1.35. The lowest BCUT2D eigenvalue weighted by Crippen LogP contribution is -2.22. The van der Waals surface area contributed by atoms with Crippen molar-refractivity contribution in [3.05, 3.63) is 35.4 Å². The first-order chi connectivity index (χ1) is 8.16. The fraction of sp³-hybridized carbons (Fsp3) is 0.500.